The first-order valence-corrected chi connectivity index (χ1v) is 4.86. The van der Waals surface area contributed by atoms with Crippen LogP contribution in [0.1, 0.15) is 6.42 Å². The van der Waals surface area contributed by atoms with Crippen molar-refractivity contribution in [1.29, 1.82) is 0 Å². The maximum atomic E-state index is 11.0. The molecule has 0 aliphatic carbocycles. The molecule has 1 heterocycles. The number of carbonyl (C=O) groups is 1. The summed E-state index contributed by atoms with van der Waals surface area (Å²) in [6.45, 7) is 1.69. The van der Waals surface area contributed by atoms with Gasteiger partial charge in [0, 0.05) is 18.8 Å². The molecule has 0 saturated carbocycles. The highest BCUT2D eigenvalue weighted by atomic mass is 35.5. The number of para-hydroxylation sites is 1. The normalized spacial score (nSPS) is 19.7. The van der Waals surface area contributed by atoms with E-state index in [4.69, 9.17) is 5.73 Å². The molecule has 1 unspecified atom stereocenters. The minimum atomic E-state index is -0.177. The van der Waals surface area contributed by atoms with Crippen molar-refractivity contribution in [3.8, 4) is 0 Å². The third kappa shape index (κ3) is 2.63. The zero-order valence-corrected chi connectivity index (χ0v) is 9.24. The number of benzene rings is 1. The summed E-state index contributed by atoms with van der Waals surface area (Å²) >= 11 is 0. The monoisotopic (exact) mass is 226 g/mol. The fourth-order valence-corrected chi connectivity index (χ4v) is 1.87. The molecule has 1 atom stereocenters. The highest BCUT2D eigenvalue weighted by Crippen LogP contribution is 2.22. The summed E-state index contributed by atoms with van der Waals surface area (Å²) in [6.07, 6.45) is 0.879. The van der Waals surface area contributed by atoms with Crippen molar-refractivity contribution in [3.63, 3.8) is 0 Å². The van der Waals surface area contributed by atoms with Gasteiger partial charge in [-0.05, 0) is 18.6 Å². The molecule has 3 nitrogen and oxygen atoms in total. The summed E-state index contributed by atoms with van der Waals surface area (Å²) in [5.41, 5.74) is 6.45. The third-order valence-corrected chi connectivity index (χ3v) is 2.71. The van der Waals surface area contributed by atoms with Gasteiger partial charge in [-0.2, -0.15) is 0 Å². The Hall–Kier alpha value is -1.22. The van der Waals surface area contributed by atoms with Gasteiger partial charge in [0.2, 0.25) is 5.91 Å². The maximum absolute atomic E-state index is 11.0. The molecule has 0 bridgehead atoms. The van der Waals surface area contributed by atoms with E-state index in [0.29, 0.717) is 0 Å². The summed E-state index contributed by atoms with van der Waals surface area (Å²) in [5, 5.41) is 0. The number of carbonyl (C=O) groups excluding carboxylic acids is 1. The van der Waals surface area contributed by atoms with Crippen LogP contribution in [-0.4, -0.2) is 19.0 Å². The van der Waals surface area contributed by atoms with Crippen molar-refractivity contribution >= 4 is 24.0 Å². The molecular formula is C11H15ClN2O. The first-order valence-electron chi connectivity index (χ1n) is 4.86. The molecular weight excluding hydrogens is 212 g/mol. The zero-order chi connectivity index (χ0) is 9.97. The van der Waals surface area contributed by atoms with Gasteiger partial charge in [-0.3, -0.25) is 4.79 Å². The van der Waals surface area contributed by atoms with Crippen LogP contribution in [0.4, 0.5) is 5.69 Å². The van der Waals surface area contributed by atoms with Crippen LogP contribution in [0.5, 0.6) is 0 Å². The molecule has 0 aromatic heterocycles. The minimum absolute atomic E-state index is 0. The number of hydrogen-bond donors (Lipinski definition) is 1. The topological polar surface area (TPSA) is 46.3 Å². The Morgan fingerprint density at radius 1 is 1.33 bits per heavy atom. The molecule has 4 heteroatoms. The number of nitrogens with two attached hydrogens (primary N) is 1. The van der Waals surface area contributed by atoms with Crippen molar-refractivity contribution in [2.45, 2.75) is 6.42 Å². The van der Waals surface area contributed by atoms with Crippen LogP contribution in [0.25, 0.3) is 0 Å². The maximum Gasteiger partial charge on any atom is 0.222 e. The molecule has 0 spiro atoms. The van der Waals surface area contributed by atoms with Crippen LogP contribution in [0.2, 0.25) is 0 Å². The first kappa shape index (κ1) is 11.9. The SMILES string of the molecule is Cl.NC(=O)C1CCN(c2ccccc2)C1. The second-order valence-electron chi connectivity index (χ2n) is 3.67. The number of primary amides is 1. The van der Waals surface area contributed by atoms with Crippen molar-refractivity contribution in [2.24, 2.45) is 11.7 Å². The Morgan fingerprint density at radius 3 is 2.53 bits per heavy atom. The number of anilines is 1. The van der Waals surface area contributed by atoms with Crippen molar-refractivity contribution in [3.05, 3.63) is 30.3 Å². The fraction of sp³-hybridized carbons (Fsp3) is 0.364. The molecule has 1 amide bonds. The molecule has 0 radical (unpaired) electrons. The van der Waals surface area contributed by atoms with Gasteiger partial charge < -0.3 is 10.6 Å². The number of hydrogen-bond acceptors (Lipinski definition) is 2. The number of nitrogens with zero attached hydrogens (tertiary/aromatic N) is 1. The van der Waals surface area contributed by atoms with Crippen LogP contribution in [0, 0.1) is 5.92 Å². The minimum Gasteiger partial charge on any atom is -0.371 e. The molecule has 1 aliphatic heterocycles. The van der Waals surface area contributed by atoms with E-state index in [2.05, 4.69) is 17.0 Å². The molecule has 2 N–H and O–H groups in total. The smallest absolute Gasteiger partial charge is 0.222 e. The molecule has 82 valence electrons. The lowest BCUT2D eigenvalue weighted by molar-refractivity contribution is -0.121. The van der Waals surface area contributed by atoms with Crippen molar-refractivity contribution < 1.29 is 4.79 Å². The lowest BCUT2D eigenvalue weighted by atomic mass is 10.1. The van der Waals surface area contributed by atoms with Crippen molar-refractivity contribution in [2.75, 3.05) is 18.0 Å². The molecule has 1 aromatic carbocycles. The van der Waals surface area contributed by atoms with Gasteiger partial charge in [0.25, 0.3) is 0 Å². The number of halogens is 1. The number of rotatable bonds is 2. The Bertz CT molecular complexity index is 329. The Kier molecular flexibility index (Phi) is 3.97. The van der Waals surface area contributed by atoms with E-state index in [1.54, 1.807) is 0 Å². The lowest BCUT2D eigenvalue weighted by Gasteiger charge is -2.17. The van der Waals surface area contributed by atoms with E-state index in [1.807, 2.05) is 18.2 Å². The average Bonchev–Trinajstić information content (AvgIpc) is 2.68. The summed E-state index contributed by atoms with van der Waals surface area (Å²) in [5.74, 6) is -0.154. The lowest BCUT2D eigenvalue weighted by Crippen LogP contribution is -2.27. The standard InChI is InChI=1S/C11H14N2O.ClH/c12-11(14)9-6-7-13(8-9)10-4-2-1-3-5-10;/h1-5,9H,6-8H2,(H2,12,14);1H. The van der Waals surface area contributed by atoms with Crippen LogP contribution >= 0.6 is 12.4 Å². The molecule has 1 saturated heterocycles. The highest BCUT2D eigenvalue weighted by Gasteiger charge is 2.26. The van der Waals surface area contributed by atoms with E-state index >= 15 is 0 Å². The van der Waals surface area contributed by atoms with Gasteiger partial charge in [-0.1, -0.05) is 18.2 Å². The van der Waals surface area contributed by atoms with Crippen LogP contribution in [0.15, 0.2) is 30.3 Å². The van der Waals surface area contributed by atoms with E-state index in [1.165, 1.54) is 5.69 Å². The first-order chi connectivity index (χ1) is 6.77. The third-order valence-electron chi connectivity index (χ3n) is 2.71. The Balaban J connectivity index is 0.00000112. The molecule has 1 fully saturated rings. The van der Waals surface area contributed by atoms with E-state index in [0.717, 1.165) is 19.5 Å². The summed E-state index contributed by atoms with van der Waals surface area (Å²) in [4.78, 5) is 13.2. The van der Waals surface area contributed by atoms with Crippen LogP contribution < -0.4 is 10.6 Å². The van der Waals surface area contributed by atoms with E-state index < -0.39 is 0 Å². The average molecular weight is 227 g/mol. The summed E-state index contributed by atoms with van der Waals surface area (Å²) < 4.78 is 0. The fourth-order valence-electron chi connectivity index (χ4n) is 1.87. The second-order valence-corrected chi connectivity index (χ2v) is 3.67. The molecule has 1 aliphatic rings. The molecule has 15 heavy (non-hydrogen) atoms. The van der Waals surface area contributed by atoms with Gasteiger partial charge in [0.15, 0.2) is 0 Å². The highest BCUT2D eigenvalue weighted by molar-refractivity contribution is 5.85. The van der Waals surface area contributed by atoms with Gasteiger partial charge in [0.05, 0.1) is 5.92 Å². The Labute approximate surface area is 95.7 Å². The summed E-state index contributed by atoms with van der Waals surface area (Å²) in [7, 11) is 0. The van der Waals surface area contributed by atoms with Gasteiger partial charge in [-0.15, -0.1) is 12.4 Å². The quantitative estimate of drug-likeness (QED) is 0.829. The van der Waals surface area contributed by atoms with Gasteiger partial charge in [-0.25, -0.2) is 0 Å². The molecule has 2 rings (SSSR count). The predicted molar refractivity (Wildman–Crippen MR) is 63.2 cm³/mol. The number of amides is 1. The zero-order valence-electron chi connectivity index (χ0n) is 8.43. The van der Waals surface area contributed by atoms with Gasteiger partial charge >= 0.3 is 0 Å². The van der Waals surface area contributed by atoms with Crippen LogP contribution in [0.3, 0.4) is 0 Å². The second kappa shape index (κ2) is 5.03. The Morgan fingerprint density at radius 2 is 2.00 bits per heavy atom. The van der Waals surface area contributed by atoms with E-state index in [-0.39, 0.29) is 24.2 Å². The largest absolute Gasteiger partial charge is 0.371 e. The van der Waals surface area contributed by atoms with E-state index in [9.17, 15) is 4.79 Å². The van der Waals surface area contributed by atoms with Crippen LogP contribution in [-0.2, 0) is 4.79 Å². The molecule has 1 aromatic rings. The van der Waals surface area contributed by atoms with Gasteiger partial charge in [0.1, 0.15) is 0 Å². The van der Waals surface area contributed by atoms with Crippen molar-refractivity contribution in [1.82, 2.24) is 0 Å². The summed E-state index contributed by atoms with van der Waals surface area (Å²) in [6, 6.07) is 10.1. The predicted octanol–water partition coefficient (Wildman–Crippen LogP) is 1.42.